The second-order valence-corrected chi connectivity index (χ2v) is 7.35. The quantitative estimate of drug-likeness (QED) is 0.417. The van der Waals surface area contributed by atoms with Gasteiger partial charge in [-0.2, -0.15) is 0 Å². The third-order valence-electron chi connectivity index (χ3n) is 4.88. The maximum absolute atomic E-state index is 13.2. The molecule has 0 aromatic heterocycles. The van der Waals surface area contributed by atoms with Crippen LogP contribution in [0, 0.1) is 11.6 Å². The highest BCUT2D eigenvalue weighted by molar-refractivity contribution is 6.39. The zero-order valence-corrected chi connectivity index (χ0v) is 18.0. The van der Waals surface area contributed by atoms with Gasteiger partial charge in [0.2, 0.25) is 0 Å². The largest absolute Gasteiger partial charge is 0.484 e. The molecule has 10 heteroatoms. The van der Waals surface area contributed by atoms with Gasteiger partial charge in [0.1, 0.15) is 23.0 Å². The van der Waals surface area contributed by atoms with Crippen LogP contribution < -0.4 is 20.3 Å². The van der Waals surface area contributed by atoms with E-state index >= 15 is 0 Å². The van der Waals surface area contributed by atoms with Gasteiger partial charge in [-0.15, -0.1) is 0 Å². The number of barbiturate groups is 1. The molecular weight excluding hydrogens is 460 g/mol. The fourth-order valence-electron chi connectivity index (χ4n) is 3.19. The van der Waals surface area contributed by atoms with Crippen molar-refractivity contribution in [2.24, 2.45) is 0 Å². The van der Waals surface area contributed by atoms with E-state index < -0.39 is 35.4 Å². The van der Waals surface area contributed by atoms with Crippen LogP contribution in [0.15, 0.2) is 78.4 Å². The molecule has 0 saturated carbocycles. The molecule has 0 spiro atoms. The molecule has 2 N–H and O–H groups in total. The summed E-state index contributed by atoms with van der Waals surface area (Å²) in [6.07, 6.45) is 1.30. The number of carbonyl (C=O) groups excluding carboxylic acids is 4. The second-order valence-electron chi connectivity index (χ2n) is 7.35. The average Bonchev–Trinajstić information content (AvgIpc) is 2.84. The van der Waals surface area contributed by atoms with Crippen molar-refractivity contribution in [3.8, 4) is 5.75 Å². The second kappa shape index (κ2) is 9.96. The number of rotatable bonds is 6. The molecule has 1 heterocycles. The topological polar surface area (TPSA) is 105 Å². The van der Waals surface area contributed by atoms with E-state index in [0.717, 1.165) is 17.0 Å². The van der Waals surface area contributed by atoms with Gasteiger partial charge >= 0.3 is 6.03 Å². The van der Waals surface area contributed by atoms with Gasteiger partial charge in [-0.1, -0.05) is 12.1 Å². The van der Waals surface area contributed by atoms with Crippen molar-refractivity contribution in [2.45, 2.75) is 0 Å². The Bertz CT molecular complexity index is 1320. The van der Waals surface area contributed by atoms with Crippen molar-refractivity contribution >= 4 is 41.2 Å². The number of anilines is 2. The first kappa shape index (κ1) is 23.3. The highest BCUT2D eigenvalue weighted by atomic mass is 19.1. The number of nitrogens with one attached hydrogen (secondary N) is 2. The number of nitrogens with zero attached hydrogens (tertiary/aromatic N) is 1. The van der Waals surface area contributed by atoms with Crippen molar-refractivity contribution < 1.29 is 32.7 Å². The van der Waals surface area contributed by atoms with Crippen molar-refractivity contribution in [3.05, 3.63) is 95.6 Å². The fourth-order valence-corrected chi connectivity index (χ4v) is 3.19. The Hall–Kier alpha value is -4.86. The van der Waals surface area contributed by atoms with E-state index in [0.29, 0.717) is 17.0 Å². The highest BCUT2D eigenvalue weighted by Gasteiger charge is 2.36. The molecular formula is C25H17F2N3O5. The molecule has 5 amide bonds. The molecule has 1 fully saturated rings. The van der Waals surface area contributed by atoms with Crippen LogP contribution in [0.1, 0.15) is 5.56 Å². The number of benzene rings is 3. The van der Waals surface area contributed by atoms with Crippen LogP contribution >= 0.6 is 0 Å². The normalized spacial score (nSPS) is 14.6. The molecule has 3 aromatic carbocycles. The van der Waals surface area contributed by atoms with Gasteiger partial charge in [0, 0.05) is 5.69 Å². The Kier molecular flexibility index (Phi) is 6.63. The summed E-state index contributed by atoms with van der Waals surface area (Å²) in [4.78, 5) is 50.0. The molecule has 1 aliphatic heterocycles. The Morgan fingerprint density at radius 1 is 0.886 bits per heavy atom. The van der Waals surface area contributed by atoms with Crippen molar-refractivity contribution in [1.82, 2.24) is 5.32 Å². The third kappa shape index (κ3) is 5.56. The maximum Gasteiger partial charge on any atom is 0.335 e. The molecule has 1 aliphatic rings. The summed E-state index contributed by atoms with van der Waals surface area (Å²) in [6.45, 7) is -0.298. The van der Waals surface area contributed by atoms with Crippen molar-refractivity contribution in [3.63, 3.8) is 0 Å². The lowest BCUT2D eigenvalue weighted by Crippen LogP contribution is -2.54. The van der Waals surface area contributed by atoms with Crippen LogP contribution in [0.5, 0.6) is 5.75 Å². The van der Waals surface area contributed by atoms with E-state index in [-0.39, 0.29) is 17.9 Å². The molecule has 8 nitrogen and oxygen atoms in total. The SMILES string of the molecule is O=C(COc1ccc(C=C2C(=O)NC(=O)N(c3ccc(F)cc3)C2=O)cc1)Nc1ccc(F)cc1. The first-order chi connectivity index (χ1) is 16.8. The zero-order valence-electron chi connectivity index (χ0n) is 18.0. The third-order valence-corrected chi connectivity index (χ3v) is 4.88. The van der Waals surface area contributed by atoms with Gasteiger partial charge in [0.05, 0.1) is 5.69 Å². The number of hydrogen-bond donors (Lipinski definition) is 2. The Morgan fingerprint density at radius 3 is 2.11 bits per heavy atom. The highest BCUT2D eigenvalue weighted by Crippen LogP contribution is 2.23. The molecule has 0 bridgehead atoms. The van der Waals surface area contributed by atoms with Crippen LogP contribution in [0.3, 0.4) is 0 Å². The number of urea groups is 1. The molecule has 1 saturated heterocycles. The molecule has 0 unspecified atom stereocenters. The minimum Gasteiger partial charge on any atom is -0.484 e. The number of ether oxygens (including phenoxy) is 1. The van der Waals surface area contributed by atoms with E-state index in [1.54, 1.807) is 12.1 Å². The molecule has 176 valence electrons. The molecule has 4 rings (SSSR count). The van der Waals surface area contributed by atoms with Gasteiger partial charge in [-0.3, -0.25) is 19.7 Å². The predicted octanol–water partition coefficient (Wildman–Crippen LogP) is 3.65. The van der Waals surface area contributed by atoms with Crippen LogP contribution in [-0.4, -0.2) is 30.4 Å². The number of halogens is 2. The van der Waals surface area contributed by atoms with Gasteiger partial charge < -0.3 is 10.1 Å². The van der Waals surface area contributed by atoms with Gasteiger partial charge in [0.25, 0.3) is 17.7 Å². The maximum atomic E-state index is 13.2. The predicted molar refractivity (Wildman–Crippen MR) is 122 cm³/mol. The number of imide groups is 2. The summed E-state index contributed by atoms with van der Waals surface area (Å²) in [5.74, 6) is -2.78. The minimum absolute atomic E-state index is 0.106. The van der Waals surface area contributed by atoms with E-state index in [1.807, 2.05) is 0 Å². The monoisotopic (exact) mass is 477 g/mol. The van der Waals surface area contributed by atoms with Gasteiger partial charge in [-0.05, 0) is 72.3 Å². The van der Waals surface area contributed by atoms with Crippen LogP contribution in [0.2, 0.25) is 0 Å². The summed E-state index contributed by atoms with van der Waals surface area (Å²) >= 11 is 0. The Morgan fingerprint density at radius 2 is 1.49 bits per heavy atom. The first-order valence-electron chi connectivity index (χ1n) is 10.3. The molecule has 35 heavy (non-hydrogen) atoms. The first-order valence-corrected chi connectivity index (χ1v) is 10.3. The Balaban J connectivity index is 1.42. The van der Waals surface area contributed by atoms with E-state index in [9.17, 15) is 28.0 Å². The number of hydrogen-bond acceptors (Lipinski definition) is 5. The standard InChI is InChI=1S/C25H17F2N3O5/c26-16-3-7-18(8-4-16)28-22(31)14-35-20-11-1-15(2-12-20)13-21-23(32)29-25(34)30(24(21)33)19-9-5-17(27)6-10-19/h1-13H,14H2,(H,28,31)(H,29,32,34). The zero-order chi connectivity index (χ0) is 24.9. The van der Waals surface area contributed by atoms with Crippen LogP contribution in [0.25, 0.3) is 6.08 Å². The summed E-state index contributed by atoms with van der Waals surface area (Å²) in [6, 6.07) is 15.2. The molecule has 3 aromatic rings. The van der Waals surface area contributed by atoms with Crippen molar-refractivity contribution in [1.29, 1.82) is 0 Å². The lowest BCUT2D eigenvalue weighted by Gasteiger charge is -2.26. The minimum atomic E-state index is -0.939. The summed E-state index contributed by atoms with van der Waals surface area (Å²) < 4.78 is 31.5. The lowest BCUT2D eigenvalue weighted by molar-refractivity contribution is -0.122. The fraction of sp³-hybridized carbons (Fsp3) is 0.0400. The van der Waals surface area contributed by atoms with Crippen LogP contribution in [0.4, 0.5) is 25.0 Å². The van der Waals surface area contributed by atoms with Crippen molar-refractivity contribution in [2.75, 3.05) is 16.8 Å². The molecule has 0 aliphatic carbocycles. The van der Waals surface area contributed by atoms with Crippen LogP contribution in [-0.2, 0) is 14.4 Å². The number of carbonyl (C=O) groups is 4. The molecule has 0 radical (unpaired) electrons. The summed E-state index contributed by atoms with van der Waals surface area (Å²) in [5.41, 5.74) is 0.696. The van der Waals surface area contributed by atoms with Gasteiger partial charge in [0.15, 0.2) is 6.61 Å². The average molecular weight is 477 g/mol. The van der Waals surface area contributed by atoms with E-state index in [2.05, 4.69) is 10.6 Å². The smallest absolute Gasteiger partial charge is 0.335 e. The number of amides is 5. The summed E-state index contributed by atoms with van der Waals surface area (Å²) in [5, 5.41) is 4.65. The Labute approximate surface area is 197 Å². The summed E-state index contributed by atoms with van der Waals surface area (Å²) in [7, 11) is 0. The van der Waals surface area contributed by atoms with E-state index in [1.165, 1.54) is 54.6 Å². The van der Waals surface area contributed by atoms with Gasteiger partial charge in [-0.25, -0.2) is 18.5 Å². The van der Waals surface area contributed by atoms with E-state index in [4.69, 9.17) is 4.74 Å². The lowest BCUT2D eigenvalue weighted by atomic mass is 10.1. The molecule has 0 atom stereocenters.